The van der Waals surface area contributed by atoms with E-state index in [1.807, 2.05) is 37.3 Å². The van der Waals surface area contributed by atoms with Crippen LogP contribution in [0, 0.1) is 18.3 Å². The number of carbonyl (C=O) groups is 2. The fraction of sp³-hybridized carbons (Fsp3) is 0.421. The van der Waals surface area contributed by atoms with E-state index in [0.717, 1.165) is 5.56 Å². The Kier molecular flexibility index (Phi) is 4.03. The van der Waals surface area contributed by atoms with Gasteiger partial charge in [-0.2, -0.15) is 5.10 Å². The maximum atomic E-state index is 13.3. The molecule has 0 aliphatic carbocycles. The van der Waals surface area contributed by atoms with Gasteiger partial charge in [-0.3, -0.25) is 14.7 Å². The summed E-state index contributed by atoms with van der Waals surface area (Å²) in [6.07, 6.45) is 0. The number of hydrogen-bond donors (Lipinski definition) is 1. The number of ether oxygens (including phenoxy) is 2. The number of nitrogens with one attached hydrogen (secondary N) is 1. The molecule has 136 valence electrons. The van der Waals surface area contributed by atoms with Gasteiger partial charge in [-0.25, -0.2) is 0 Å². The summed E-state index contributed by atoms with van der Waals surface area (Å²) in [6, 6.07) is 9.60. The van der Waals surface area contributed by atoms with Crippen molar-refractivity contribution in [3.63, 3.8) is 0 Å². The van der Waals surface area contributed by atoms with Gasteiger partial charge in [0.2, 0.25) is 0 Å². The van der Waals surface area contributed by atoms with E-state index in [0.29, 0.717) is 43.3 Å². The van der Waals surface area contributed by atoms with Gasteiger partial charge in [0.15, 0.2) is 0 Å². The topological polar surface area (TPSA) is 84.5 Å². The van der Waals surface area contributed by atoms with E-state index in [4.69, 9.17) is 9.47 Å². The third-order valence-electron chi connectivity index (χ3n) is 5.46. The first kappa shape index (κ1) is 16.8. The van der Waals surface area contributed by atoms with Crippen molar-refractivity contribution in [2.45, 2.75) is 6.92 Å². The molecule has 0 bridgehead atoms. The first-order valence-electron chi connectivity index (χ1n) is 8.62. The van der Waals surface area contributed by atoms with E-state index in [1.54, 1.807) is 4.90 Å². The van der Waals surface area contributed by atoms with E-state index in [-0.39, 0.29) is 17.8 Å². The summed E-state index contributed by atoms with van der Waals surface area (Å²) in [5.41, 5.74) is 2.03. The van der Waals surface area contributed by atoms with Gasteiger partial charge >= 0.3 is 5.97 Å². The predicted octanol–water partition coefficient (Wildman–Crippen LogP) is 1.65. The Bertz CT molecular complexity index is 848. The summed E-state index contributed by atoms with van der Waals surface area (Å²) in [5.74, 6) is -0.457. The van der Waals surface area contributed by atoms with Crippen molar-refractivity contribution in [1.82, 2.24) is 15.1 Å². The van der Waals surface area contributed by atoms with Crippen LogP contribution < -0.4 is 0 Å². The van der Waals surface area contributed by atoms with Crippen molar-refractivity contribution in [3.05, 3.63) is 41.6 Å². The van der Waals surface area contributed by atoms with Crippen LogP contribution in [0.1, 0.15) is 16.1 Å². The molecule has 2 atom stereocenters. The molecule has 1 aromatic heterocycles. The number of hydrogen-bond acceptors (Lipinski definition) is 5. The summed E-state index contributed by atoms with van der Waals surface area (Å²) < 4.78 is 10.5. The molecule has 0 radical (unpaired) electrons. The number of rotatable bonds is 3. The first-order chi connectivity index (χ1) is 12.6. The quantitative estimate of drug-likeness (QED) is 0.846. The number of H-pyrrole nitrogens is 1. The Labute approximate surface area is 151 Å². The first-order valence-corrected chi connectivity index (χ1v) is 8.62. The van der Waals surface area contributed by atoms with Crippen LogP contribution in [0.25, 0.3) is 11.3 Å². The second kappa shape index (κ2) is 6.25. The number of methoxy groups -OCH3 is 1. The number of likely N-dealkylation sites (tertiary alicyclic amines) is 1. The molecule has 0 saturated carbocycles. The zero-order chi connectivity index (χ0) is 18.3. The lowest BCUT2D eigenvalue weighted by Crippen LogP contribution is -2.41. The summed E-state index contributed by atoms with van der Waals surface area (Å²) in [7, 11) is 1.38. The fourth-order valence-electron chi connectivity index (χ4n) is 4.04. The van der Waals surface area contributed by atoms with Crippen molar-refractivity contribution in [2.24, 2.45) is 11.3 Å². The molecule has 1 amide bonds. The second-order valence-corrected chi connectivity index (χ2v) is 6.98. The minimum absolute atomic E-state index is 0.0358. The van der Waals surface area contributed by atoms with Crippen LogP contribution in [0.3, 0.4) is 0 Å². The molecule has 0 spiro atoms. The van der Waals surface area contributed by atoms with Crippen molar-refractivity contribution < 1.29 is 19.1 Å². The number of benzene rings is 1. The van der Waals surface area contributed by atoms with Crippen molar-refractivity contribution in [3.8, 4) is 11.3 Å². The summed E-state index contributed by atoms with van der Waals surface area (Å²) >= 11 is 0. The van der Waals surface area contributed by atoms with Gasteiger partial charge in [-0.15, -0.1) is 0 Å². The normalized spacial score (nSPS) is 24.5. The summed E-state index contributed by atoms with van der Waals surface area (Å²) in [4.78, 5) is 27.4. The zero-order valence-corrected chi connectivity index (χ0v) is 14.8. The third-order valence-corrected chi connectivity index (χ3v) is 5.46. The standard InChI is InChI=1S/C19H21N3O4/c1-12-15(16(21-20-12)13-6-4-3-5-7-13)17(23)22-8-14-9-26-11-19(14,10-22)18(24)25-2/h3-7,14H,8-11H2,1-2H3,(H,20,21)/t14-,19-/m0/s1. The molecule has 26 heavy (non-hydrogen) atoms. The van der Waals surface area contributed by atoms with Gasteiger partial charge in [-0.05, 0) is 6.92 Å². The largest absolute Gasteiger partial charge is 0.468 e. The number of aryl methyl sites for hydroxylation is 1. The van der Waals surface area contributed by atoms with Crippen LogP contribution in [0.15, 0.2) is 30.3 Å². The maximum Gasteiger partial charge on any atom is 0.316 e. The Morgan fingerprint density at radius 3 is 2.85 bits per heavy atom. The van der Waals surface area contributed by atoms with E-state index < -0.39 is 5.41 Å². The lowest BCUT2D eigenvalue weighted by molar-refractivity contribution is -0.153. The van der Waals surface area contributed by atoms with Crippen molar-refractivity contribution >= 4 is 11.9 Å². The average Bonchev–Trinajstić information content (AvgIpc) is 3.33. The highest BCUT2D eigenvalue weighted by atomic mass is 16.5. The molecule has 7 heteroatoms. The van der Waals surface area contributed by atoms with Crippen LogP contribution in [0.2, 0.25) is 0 Å². The maximum absolute atomic E-state index is 13.3. The highest BCUT2D eigenvalue weighted by molar-refractivity contribution is 6.01. The minimum atomic E-state index is -0.755. The number of nitrogens with zero attached hydrogens (tertiary/aromatic N) is 2. The lowest BCUT2D eigenvalue weighted by Gasteiger charge is -2.24. The monoisotopic (exact) mass is 355 g/mol. The Hall–Kier alpha value is -2.67. The van der Waals surface area contributed by atoms with Crippen LogP contribution in [-0.4, -0.2) is 60.4 Å². The fourth-order valence-corrected chi connectivity index (χ4v) is 4.04. The molecular formula is C19H21N3O4. The van der Waals surface area contributed by atoms with Gasteiger partial charge in [0.1, 0.15) is 11.1 Å². The van der Waals surface area contributed by atoms with Crippen LogP contribution in [-0.2, 0) is 14.3 Å². The average molecular weight is 355 g/mol. The van der Waals surface area contributed by atoms with Crippen LogP contribution in [0.4, 0.5) is 0 Å². The van der Waals surface area contributed by atoms with Crippen LogP contribution in [0.5, 0.6) is 0 Å². The van der Waals surface area contributed by atoms with E-state index in [2.05, 4.69) is 10.2 Å². The number of aromatic nitrogens is 2. The second-order valence-electron chi connectivity index (χ2n) is 6.98. The summed E-state index contributed by atoms with van der Waals surface area (Å²) in [6.45, 7) is 3.39. The number of fused-ring (bicyclic) bond motifs is 1. The van der Waals surface area contributed by atoms with E-state index >= 15 is 0 Å². The number of esters is 1. The minimum Gasteiger partial charge on any atom is -0.468 e. The molecule has 2 aliphatic heterocycles. The highest BCUT2D eigenvalue weighted by Gasteiger charge is 2.58. The van der Waals surface area contributed by atoms with Gasteiger partial charge < -0.3 is 14.4 Å². The highest BCUT2D eigenvalue weighted by Crippen LogP contribution is 2.43. The number of aromatic amines is 1. The molecule has 2 aliphatic rings. The smallest absolute Gasteiger partial charge is 0.316 e. The Morgan fingerprint density at radius 2 is 2.12 bits per heavy atom. The number of carbonyl (C=O) groups excluding carboxylic acids is 2. The molecule has 2 saturated heterocycles. The van der Waals surface area contributed by atoms with Gasteiger partial charge in [0, 0.05) is 30.3 Å². The molecule has 3 heterocycles. The SMILES string of the molecule is COC(=O)[C@@]12COC[C@@H]1CN(C(=O)c1c(-c3ccccc3)n[nH]c1C)C2. The molecule has 1 N–H and O–H groups in total. The van der Waals surface area contributed by atoms with Gasteiger partial charge in [0.05, 0.1) is 25.9 Å². The van der Waals surface area contributed by atoms with E-state index in [1.165, 1.54) is 7.11 Å². The number of amides is 1. The molecular weight excluding hydrogens is 334 g/mol. The zero-order valence-electron chi connectivity index (χ0n) is 14.8. The molecule has 7 nitrogen and oxygen atoms in total. The molecule has 4 rings (SSSR count). The van der Waals surface area contributed by atoms with Crippen molar-refractivity contribution in [1.29, 1.82) is 0 Å². The van der Waals surface area contributed by atoms with Gasteiger partial charge in [-0.1, -0.05) is 30.3 Å². The third kappa shape index (κ3) is 2.42. The molecule has 1 aromatic carbocycles. The Morgan fingerprint density at radius 1 is 1.35 bits per heavy atom. The predicted molar refractivity (Wildman–Crippen MR) is 93.4 cm³/mol. The molecule has 2 fully saturated rings. The summed E-state index contributed by atoms with van der Waals surface area (Å²) in [5, 5.41) is 7.25. The van der Waals surface area contributed by atoms with Gasteiger partial charge in [0.25, 0.3) is 5.91 Å². The molecule has 0 unspecified atom stereocenters. The van der Waals surface area contributed by atoms with E-state index in [9.17, 15) is 9.59 Å². The van der Waals surface area contributed by atoms with Crippen molar-refractivity contribution in [2.75, 3.05) is 33.4 Å². The molecule has 2 aromatic rings. The van der Waals surface area contributed by atoms with Crippen LogP contribution >= 0.6 is 0 Å². The lowest BCUT2D eigenvalue weighted by atomic mass is 9.81. The Balaban J connectivity index is 1.66.